The van der Waals surface area contributed by atoms with Gasteiger partial charge in [0, 0.05) is 11.4 Å². The number of ether oxygens (including phenoxy) is 2. The summed E-state index contributed by atoms with van der Waals surface area (Å²) in [7, 11) is 0. The second-order valence-electron chi connectivity index (χ2n) is 10.2. The summed E-state index contributed by atoms with van der Waals surface area (Å²) in [5.41, 5.74) is 7.51. The monoisotopic (exact) mass is 536 g/mol. The van der Waals surface area contributed by atoms with E-state index in [0.717, 1.165) is 44.8 Å². The van der Waals surface area contributed by atoms with Crippen molar-refractivity contribution < 1.29 is 19.1 Å². The number of carbonyl (C=O) groups is 2. The molecule has 0 spiro atoms. The smallest absolute Gasteiger partial charge is 0.265 e. The highest BCUT2D eigenvalue weighted by molar-refractivity contribution is 5.96. The fraction of sp³-hybridized carbons (Fsp3) is 0.235. The second-order valence-corrected chi connectivity index (χ2v) is 10.2. The Labute approximate surface area is 236 Å². The molecule has 0 bridgehead atoms. The Morgan fingerprint density at radius 3 is 1.32 bits per heavy atom. The van der Waals surface area contributed by atoms with Crippen molar-refractivity contribution in [2.45, 2.75) is 53.8 Å². The molecular weight excluding hydrogens is 500 g/mol. The van der Waals surface area contributed by atoms with Crippen molar-refractivity contribution in [2.75, 3.05) is 10.6 Å². The zero-order chi connectivity index (χ0) is 28.8. The van der Waals surface area contributed by atoms with Crippen LogP contribution in [0.1, 0.15) is 36.1 Å². The molecule has 4 rings (SSSR count). The second kappa shape index (κ2) is 12.5. The molecule has 0 aliphatic heterocycles. The van der Waals surface area contributed by atoms with Gasteiger partial charge in [0.15, 0.2) is 12.2 Å². The molecule has 0 aliphatic rings. The van der Waals surface area contributed by atoms with Crippen LogP contribution in [0.3, 0.4) is 0 Å². The molecule has 2 atom stereocenters. The minimum absolute atomic E-state index is 0.214. The molecule has 4 aromatic carbocycles. The molecule has 0 aromatic heterocycles. The number of carbonyl (C=O) groups excluding carboxylic acids is 2. The molecule has 6 nitrogen and oxygen atoms in total. The van der Waals surface area contributed by atoms with Gasteiger partial charge in [-0.2, -0.15) is 0 Å². The summed E-state index contributed by atoms with van der Waals surface area (Å²) in [5.74, 6) is 0.902. The predicted molar refractivity (Wildman–Crippen MR) is 161 cm³/mol. The first-order valence-electron chi connectivity index (χ1n) is 13.4. The molecule has 40 heavy (non-hydrogen) atoms. The quantitative estimate of drug-likeness (QED) is 0.234. The minimum Gasteiger partial charge on any atom is -0.481 e. The number of nitrogens with one attached hydrogen (secondary N) is 2. The first-order valence-corrected chi connectivity index (χ1v) is 13.4. The molecule has 0 fully saturated rings. The van der Waals surface area contributed by atoms with E-state index in [0.29, 0.717) is 11.5 Å². The Bertz CT molecular complexity index is 1410. The Morgan fingerprint density at radius 2 is 0.975 bits per heavy atom. The zero-order valence-corrected chi connectivity index (χ0v) is 23.9. The maximum Gasteiger partial charge on any atom is 0.265 e. The third-order valence-electron chi connectivity index (χ3n) is 6.65. The molecule has 4 aromatic rings. The van der Waals surface area contributed by atoms with E-state index in [4.69, 9.17) is 9.47 Å². The Morgan fingerprint density at radius 1 is 0.575 bits per heavy atom. The summed E-state index contributed by atoms with van der Waals surface area (Å²) >= 11 is 0. The maximum atomic E-state index is 12.8. The summed E-state index contributed by atoms with van der Waals surface area (Å²) in [6, 6.07) is 27.1. The molecule has 0 saturated heterocycles. The number of amides is 2. The normalized spacial score (nSPS) is 12.2. The number of hydrogen-bond acceptors (Lipinski definition) is 4. The van der Waals surface area contributed by atoms with Gasteiger partial charge < -0.3 is 20.1 Å². The van der Waals surface area contributed by atoms with Gasteiger partial charge in [-0.05, 0) is 123 Å². The van der Waals surface area contributed by atoms with Crippen molar-refractivity contribution in [3.63, 3.8) is 0 Å². The van der Waals surface area contributed by atoms with E-state index in [2.05, 4.69) is 10.6 Å². The summed E-state index contributed by atoms with van der Waals surface area (Å²) in [5, 5.41) is 5.95. The highest BCUT2D eigenvalue weighted by Crippen LogP contribution is 2.29. The molecule has 206 valence electrons. The number of hydrogen-bond donors (Lipinski definition) is 2. The first kappa shape index (κ1) is 28.4. The summed E-state index contributed by atoms with van der Waals surface area (Å²) in [6.07, 6.45) is -1.28. The van der Waals surface area contributed by atoms with Crippen molar-refractivity contribution in [1.82, 2.24) is 0 Å². The van der Waals surface area contributed by atoms with Gasteiger partial charge in [0.05, 0.1) is 0 Å². The lowest BCUT2D eigenvalue weighted by atomic mass is 9.99. The molecule has 2 unspecified atom stereocenters. The molecule has 0 saturated carbocycles. The lowest BCUT2D eigenvalue weighted by Gasteiger charge is -2.17. The van der Waals surface area contributed by atoms with E-state index in [-0.39, 0.29) is 11.8 Å². The average molecular weight is 537 g/mol. The van der Waals surface area contributed by atoms with E-state index in [1.54, 1.807) is 13.8 Å². The van der Waals surface area contributed by atoms with E-state index < -0.39 is 12.2 Å². The molecule has 2 amide bonds. The van der Waals surface area contributed by atoms with E-state index >= 15 is 0 Å². The van der Waals surface area contributed by atoms with Crippen LogP contribution in [-0.2, 0) is 9.59 Å². The third-order valence-corrected chi connectivity index (χ3v) is 6.65. The first-order chi connectivity index (χ1) is 19.1. The Hall–Kier alpha value is -4.58. The fourth-order valence-electron chi connectivity index (χ4n) is 4.33. The van der Waals surface area contributed by atoms with Crippen LogP contribution in [-0.4, -0.2) is 24.0 Å². The summed E-state index contributed by atoms with van der Waals surface area (Å²) in [6.45, 7) is 11.4. The molecule has 6 heteroatoms. The van der Waals surface area contributed by atoms with Crippen molar-refractivity contribution in [1.29, 1.82) is 0 Å². The van der Waals surface area contributed by atoms with Crippen LogP contribution >= 0.6 is 0 Å². The van der Waals surface area contributed by atoms with Gasteiger partial charge >= 0.3 is 0 Å². The lowest BCUT2D eigenvalue weighted by molar-refractivity contribution is -0.122. The van der Waals surface area contributed by atoms with Gasteiger partial charge in [0.2, 0.25) is 0 Å². The van der Waals surface area contributed by atoms with Gasteiger partial charge in [-0.3, -0.25) is 9.59 Å². The molecule has 2 N–H and O–H groups in total. The van der Waals surface area contributed by atoms with Crippen LogP contribution in [0.25, 0.3) is 11.1 Å². The topological polar surface area (TPSA) is 76.7 Å². The average Bonchev–Trinajstić information content (AvgIpc) is 2.90. The highest BCUT2D eigenvalue weighted by Gasteiger charge is 2.18. The van der Waals surface area contributed by atoms with Crippen LogP contribution < -0.4 is 20.1 Å². The summed E-state index contributed by atoms with van der Waals surface area (Å²) < 4.78 is 11.6. The molecular formula is C34H36N2O4. The molecule has 0 radical (unpaired) electrons. The van der Waals surface area contributed by atoms with E-state index in [1.165, 1.54) is 0 Å². The van der Waals surface area contributed by atoms with Gasteiger partial charge in [-0.1, -0.05) is 36.4 Å². The van der Waals surface area contributed by atoms with E-state index in [1.807, 2.05) is 113 Å². The molecule has 0 aliphatic carbocycles. The number of aryl methyl sites for hydroxylation is 4. The zero-order valence-electron chi connectivity index (χ0n) is 23.9. The van der Waals surface area contributed by atoms with Crippen LogP contribution in [0.4, 0.5) is 11.4 Å². The molecule has 0 heterocycles. The Kier molecular flexibility index (Phi) is 8.90. The minimum atomic E-state index is -0.642. The predicted octanol–water partition coefficient (Wildman–Crippen LogP) is 7.40. The standard InChI is InChI=1S/C34H36N2O4/c1-21-9-7-11-29(17-21)39-25(5)33(37)35-31-15-13-27(19-23(31)3)28-14-16-32(24(4)20-28)36-34(38)26(6)40-30-12-8-10-22(2)18-30/h7-20,25-26H,1-6H3,(H,35,37)(H,36,38). The van der Waals surface area contributed by atoms with E-state index in [9.17, 15) is 9.59 Å². The van der Waals surface area contributed by atoms with Crippen LogP contribution in [0.15, 0.2) is 84.9 Å². The third kappa shape index (κ3) is 7.29. The Balaban J connectivity index is 1.39. The summed E-state index contributed by atoms with van der Waals surface area (Å²) in [4.78, 5) is 25.5. The van der Waals surface area contributed by atoms with Crippen LogP contribution in [0, 0.1) is 27.7 Å². The van der Waals surface area contributed by atoms with Crippen LogP contribution in [0.5, 0.6) is 11.5 Å². The SMILES string of the molecule is Cc1cccc(OC(C)C(=O)Nc2ccc(-c3ccc(NC(=O)C(C)Oc4cccc(C)c4)c(C)c3)cc2C)c1. The lowest BCUT2D eigenvalue weighted by Crippen LogP contribution is -2.30. The van der Waals surface area contributed by atoms with Gasteiger partial charge in [0.1, 0.15) is 11.5 Å². The largest absolute Gasteiger partial charge is 0.481 e. The highest BCUT2D eigenvalue weighted by atomic mass is 16.5. The van der Waals surface area contributed by atoms with Gasteiger partial charge in [-0.15, -0.1) is 0 Å². The van der Waals surface area contributed by atoms with Crippen molar-refractivity contribution in [2.24, 2.45) is 0 Å². The maximum absolute atomic E-state index is 12.8. The van der Waals surface area contributed by atoms with Crippen molar-refractivity contribution in [3.8, 4) is 22.6 Å². The number of benzene rings is 4. The van der Waals surface area contributed by atoms with Crippen LogP contribution in [0.2, 0.25) is 0 Å². The van der Waals surface area contributed by atoms with Gasteiger partial charge in [0.25, 0.3) is 11.8 Å². The number of rotatable bonds is 9. The number of anilines is 2. The van der Waals surface area contributed by atoms with Crippen molar-refractivity contribution in [3.05, 3.63) is 107 Å². The fourth-order valence-corrected chi connectivity index (χ4v) is 4.33. The van der Waals surface area contributed by atoms with Crippen molar-refractivity contribution >= 4 is 23.2 Å². The van der Waals surface area contributed by atoms with Gasteiger partial charge in [-0.25, -0.2) is 0 Å².